The average Bonchev–Trinajstić information content (AvgIpc) is 2.20. The highest BCUT2D eigenvalue weighted by molar-refractivity contribution is 4.87. The van der Waals surface area contributed by atoms with E-state index in [1.165, 1.54) is 45.3 Å². The topological polar surface area (TPSA) is 24.1 Å². The SMILES string of the molecule is CC1CCCNC1C1CCCNC1. The molecule has 0 aromatic rings. The van der Waals surface area contributed by atoms with Crippen LogP contribution in [0.25, 0.3) is 0 Å². The van der Waals surface area contributed by atoms with E-state index in [4.69, 9.17) is 0 Å². The lowest BCUT2D eigenvalue weighted by Crippen LogP contribution is -2.50. The Morgan fingerprint density at radius 1 is 1.08 bits per heavy atom. The second-order valence-electron chi connectivity index (χ2n) is 4.71. The fourth-order valence-electron chi connectivity index (χ4n) is 2.89. The molecule has 2 heteroatoms. The maximum absolute atomic E-state index is 3.70. The van der Waals surface area contributed by atoms with Crippen LogP contribution in [0.5, 0.6) is 0 Å². The van der Waals surface area contributed by atoms with Gasteiger partial charge in [-0.05, 0) is 57.2 Å². The second kappa shape index (κ2) is 4.43. The van der Waals surface area contributed by atoms with E-state index in [1.807, 2.05) is 0 Å². The lowest BCUT2D eigenvalue weighted by atomic mass is 9.80. The summed E-state index contributed by atoms with van der Waals surface area (Å²) in [6, 6.07) is 0.793. The van der Waals surface area contributed by atoms with Gasteiger partial charge in [-0.1, -0.05) is 6.92 Å². The van der Waals surface area contributed by atoms with Crippen LogP contribution in [-0.2, 0) is 0 Å². The van der Waals surface area contributed by atoms with Gasteiger partial charge in [0.2, 0.25) is 0 Å². The molecule has 0 aromatic heterocycles. The van der Waals surface area contributed by atoms with Crippen LogP contribution in [0, 0.1) is 11.8 Å². The van der Waals surface area contributed by atoms with Gasteiger partial charge in [0.05, 0.1) is 0 Å². The molecule has 2 heterocycles. The Kier molecular flexibility index (Phi) is 3.23. The molecule has 76 valence electrons. The Labute approximate surface area is 81.5 Å². The Bertz CT molecular complexity index is 152. The summed E-state index contributed by atoms with van der Waals surface area (Å²) < 4.78 is 0. The second-order valence-corrected chi connectivity index (χ2v) is 4.71. The van der Waals surface area contributed by atoms with Gasteiger partial charge in [-0.25, -0.2) is 0 Å². The van der Waals surface area contributed by atoms with E-state index in [1.54, 1.807) is 0 Å². The first kappa shape index (κ1) is 9.47. The molecule has 2 fully saturated rings. The fourth-order valence-corrected chi connectivity index (χ4v) is 2.89. The van der Waals surface area contributed by atoms with E-state index >= 15 is 0 Å². The summed E-state index contributed by atoms with van der Waals surface area (Å²) in [5.74, 6) is 1.78. The molecule has 2 nitrogen and oxygen atoms in total. The highest BCUT2D eigenvalue weighted by Crippen LogP contribution is 2.25. The summed E-state index contributed by atoms with van der Waals surface area (Å²) in [4.78, 5) is 0. The summed E-state index contributed by atoms with van der Waals surface area (Å²) in [7, 11) is 0. The largest absolute Gasteiger partial charge is 0.316 e. The van der Waals surface area contributed by atoms with Crippen molar-refractivity contribution in [2.45, 2.75) is 38.6 Å². The lowest BCUT2D eigenvalue weighted by Gasteiger charge is -2.38. The minimum atomic E-state index is 0.793. The van der Waals surface area contributed by atoms with Gasteiger partial charge in [-0.3, -0.25) is 0 Å². The van der Waals surface area contributed by atoms with Crippen LogP contribution in [0.15, 0.2) is 0 Å². The molecule has 3 unspecified atom stereocenters. The summed E-state index contributed by atoms with van der Waals surface area (Å²) >= 11 is 0. The molecule has 0 radical (unpaired) electrons. The molecular formula is C11H22N2. The maximum atomic E-state index is 3.70. The summed E-state index contributed by atoms with van der Waals surface area (Å²) in [6.07, 6.45) is 5.59. The smallest absolute Gasteiger partial charge is 0.0133 e. The van der Waals surface area contributed by atoms with E-state index in [-0.39, 0.29) is 0 Å². The summed E-state index contributed by atoms with van der Waals surface area (Å²) in [5, 5.41) is 7.21. The van der Waals surface area contributed by atoms with Crippen LogP contribution in [0.4, 0.5) is 0 Å². The molecule has 0 bridgehead atoms. The van der Waals surface area contributed by atoms with Gasteiger partial charge >= 0.3 is 0 Å². The first-order chi connectivity index (χ1) is 6.38. The third-order valence-electron chi connectivity index (χ3n) is 3.67. The van der Waals surface area contributed by atoms with Crippen LogP contribution in [0.2, 0.25) is 0 Å². The quantitative estimate of drug-likeness (QED) is 0.640. The number of hydrogen-bond donors (Lipinski definition) is 2. The van der Waals surface area contributed by atoms with E-state index < -0.39 is 0 Å². The van der Waals surface area contributed by atoms with Crippen LogP contribution in [0.3, 0.4) is 0 Å². The van der Waals surface area contributed by atoms with Gasteiger partial charge < -0.3 is 10.6 Å². The predicted octanol–water partition coefficient (Wildman–Crippen LogP) is 1.37. The van der Waals surface area contributed by atoms with Crippen molar-refractivity contribution in [1.82, 2.24) is 10.6 Å². The molecule has 2 aliphatic rings. The first-order valence-corrected chi connectivity index (χ1v) is 5.82. The molecule has 0 amide bonds. The zero-order chi connectivity index (χ0) is 9.10. The first-order valence-electron chi connectivity index (χ1n) is 5.82. The van der Waals surface area contributed by atoms with Gasteiger partial charge in [0.15, 0.2) is 0 Å². The minimum absolute atomic E-state index is 0.793. The molecule has 3 atom stereocenters. The molecule has 2 saturated heterocycles. The Hall–Kier alpha value is -0.0800. The molecule has 0 spiro atoms. The van der Waals surface area contributed by atoms with Crippen molar-refractivity contribution < 1.29 is 0 Å². The van der Waals surface area contributed by atoms with E-state index in [0.717, 1.165) is 17.9 Å². The van der Waals surface area contributed by atoms with Crippen LogP contribution in [0.1, 0.15) is 32.6 Å². The number of piperidine rings is 2. The number of hydrogen-bond acceptors (Lipinski definition) is 2. The van der Waals surface area contributed by atoms with Crippen molar-refractivity contribution in [3.8, 4) is 0 Å². The van der Waals surface area contributed by atoms with Crippen LogP contribution < -0.4 is 10.6 Å². The van der Waals surface area contributed by atoms with Gasteiger partial charge in [0.25, 0.3) is 0 Å². The number of rotatable bonds is 1. The van der Waals surface area contributed by atoms with E-state index in [0.29, 0.717) is 0 Å². The van der Waals surface area contributed by atoms with Crippen molar-refractivity contribution in [3.05, 3.63) is 0 Å². The molecular weight excluding hydrogens is 160 g/mol. The van der Waals surface area contributed by atoms with Gasteiger partial charge in [0, 0.05) is 6.04 Å². The van der Waals surface area contributed by atoms with Crippen molar-refractivity contribution in [1.29, 1.82) is 0 Å². The van der Waals surface area contributed by atoms with Crippen molar-refractivity contribution in [3.63, 3.8) is 0 Å². The third kappa shape index (κ3) is 2.23. The van der Waals surface area contributed by atoms with Gasteiger partial charge in [0.1, 0.15) is 0 Å². The highest BCUT2D eigenvalue weighted by Gasteiger charge is 2.29. The van der Waals surface area contributed by atoms with Crippen LogP contribution >= 0.6 is 0 Å². The van der Waals surface area contributed by atoms with Crippen LogP contribution in [-0.4, -0.2) is 25.7 Å². The molecule has 2 N–H and O–H groups in total. The molecule has 2 aliphatic heterocycles. The molecule has 0 aromatic carbocycles. The van der Waals surface area contributed by atoms with Gasteiger partial charge in [-0.2, -0.15) is 0 Å². The van der Waals surface area contributed by atoms with Gasteiger partial charge in [-0.15, -0.1) is 0 Å². The van der Waals surface area contributed by atoms with Crippen molar-refractivity contribution >= 4 is 0 Å². The van der Waals surface area contributed by atoms with Crippen molar-refractivity contribution in [2.24, 2.45) is 11.8 Å². The van der Waals surface area contributed by atoms with Crippen molar-refractivity contribution in [2.75, 3.05) is 19.6 Å². The minimum Gasteiger partial charge on any atom is -0.316 e. The zero-order valence-corrected chi connectivity index (χ0v) is 8.68. The number of nitrogens with one attached hydrogen (secondary N) is 2. The standard InChI is InChI=1S/C11H22N2/c1-9-4-2-7-13-11(9)10-5-3-6-12-8-10/h9-13H,2-8H2,1H3. The fraction of sp³-hybridized carbons (Fsp3) is 1.00. The third-order valence-corrected chi connectivity index (χ3v) is 3.67. The maximum Gasteiger partial charge on any atom is 0.0133 e. The monoisotopic (exact) mass is 182 g/mol. The highest BCUT2D eigenvalue weighted by atomic mass is 15.0. The summed E-state index contributed by atoms with van der Waals surface area (Å²) in [6.45, 7) is 6.12. The lowest BCUT2D eigenvalue weighted by molar-refractivity contribution is 0.191. The zero-order valence-electron chi connectivity index (χ0n) is 8.68. The molecule has 2 rings (SSSR count). The summed E-state index contributed by atoms with van der Waals surface area (Å²) in [5.41, 5.74) is 0. The molecule has 0 aliphatic carbocycles. The Balaban J connectivity index is 1.88. The Morgan fingerprint density at radius 3 is 2.62 bits per heavy atom. The van der Waals surface area contributed by atoms with E-state index in [2.05, 4.69) is 17.6 Å². The Morgan fingerprint density at radius 2 is 1.92 bits per heavy atom. The molecule has 13 heavy (non-hydrogen) atoms. The van der Waals surface area contributed by atoms with E-state index in [9.17, 15) is 0 Å². The average molecular weight is 182 g/mol. The molecule has 0 saturated carbocycles. The normalized spacial score (nSPS) is 41.8. The predicted molar refractivity (Wildman–Crippen MR) is 55.8 cm³/mol.